The Morgan fingerprint density at radius 3 is 3.00 bits per heavy atom. The van der Waals surface area contributed by atoms with E-state index < -0.39 is 0 Å². The predicted molar refractivity (Wildman–Crippen MR) is 79.6 cm³/mol. The third-order valence-electron chi connectivity index (χ3n) is 3.61. The summed E-state index contributed by atoms with van der Waals surface area (Å²) >= 11 is 0. The molecule has 118 valence electrons. The van der Waals surface area contributed by atoms with Gasteiger partial charge in [0.2, 0.25) is 11.8 Å². The number of nitrogens with zero attached hydrogens (tertiary/aromatic N) is 3. The van der Waals surface area contributed by atoms with Gasteiger partial charge in [0, 0.05) is 13.1 Å². The lowest BCUT2D eigenvalue weighted by Gasteiger charge is -2.27. The van der Waals surface area contributed by atoms with Crippen molar-refractivity contribution in [3.8, 4) is 0 Å². The van der Waals surface area contributed by atoms with Crippen LogP contribution >= 0.6 is 0 Å². The van der Waals surface area contributed by atoms with Crippen LogP contribution in [0, 0.1) is 0 Å². The Labute approximate surface area is 127 Å². The molecule has 9 heteroatoms. The van der Waals surface area contributed by atoms with Gasteiger partial charge in [-0.1, -0.05) is 0 Å². The second-order valence-electron chi connectivity index (χ2n) is 5.15. The molecule has 2 aliphatic heterocycles. The average molecular weight is 306 g/mol. The van der Waals surface area contributed by atoms with Crippen LogP contribution in [0.1, 0.15) is 6.92 Å². The summed E-state index contributed by atoms with van der Waals surface area (Å²) in [6.07, 6.45) is 1.39. The van der Waals surface area contributed by atoms with Gasteiger partial charge in [-0.2, -0.15) is 0 Å². The highest BCUT2D eigenvalue weighted by Crippen LogP contribution is 2.29. The maximum absolute atomic E-state index is 12.1. The molecule has 22 heavy (non-hydrogen) atoms. The molecule has 3 heterocycles. The van der Waals surface area contributed by atoms with E-state index in [9.17, 15) is 9.59 Å². The molecule has 1 saturated heterocycles. The molecule has 9 nitrogen and oxygen atoms in total. The van der Waals surface area contributed by atoms with Crippen molar-refractivity contribution in [2.45, 2.75) is 13.0 Å². The van der Waals surface area contributed by atoms with Crippen molar-refractivity contribution in [1.82, 2.24) is 14.9 Å². The molecule has 0 radical (unpaired) electrons. The number of hydrogen-bond donors (Lipinski definition) is 3. The zero-order valence-electron chi connectivity index (χ0n) is 12.3. The molecule has 3 rings (SSSR count). The Bertz CT molecular complexity index is 587. The second kappa shape index (κ2) is 6.14. The van der Waals surface area contributed by atoms with E-state index in [0.717, 1.165) is 0 Å². The number of carbonyl (C=O) groups is 2. The number of ether oxygens (including phenoxy) is 1. The summed E-state index contributed by atoms with van der Waals surface area (Å²) in [4.78, 5) is 33.8. The van der Waals surface area contributed by atoms with Gasteiger partial charge in [0.25, 0.3) is 0 Å². The normalized spacial score (nSPS) is 20.7. The number of rotatable bonds is 3. The fraction of sp³-hybridized carbons (Fsp3) is 0.538. The fourth-order valence-electron chi connectivity index (χ4n) is 2.33. The van der Waals surface area contributed by atoms with Crippen LogP contribution in [-0.4, -0.2) is 65.6 Å². The van der Waals surface area contributed by atoms with Gasteiger partial charge in [-0.05, 0) is 6.92 Å². The van der Waals surface area contributed by atoms with Crippen LogP contribution in [0.4, 0.5) is 17.3 Å². The molecule has 0 aliphatic carbocycles. The summed E-state index contributed by atoms with van der Waals surface area (Å²) in [5.41, 5.74) is 0.473. The van der Waals surface area contributed by atoms with Crippen LogP contribution in [0.25, 0.3) is 0 Å². The molecule has 1 aromatic rings. The summed E-state index contributed by atoms with van der Waals surface area (Å²) < 4.78 is 5.22. The lowest BCUT2D eigenvalue weighted by molar-refractivity contribution is -0.133. The summed E-state index contributed by atoms with van der Waals surface area (Å²) in [5.74, 6) is 0.784. The number of carbonyl (C=O) groups excluding carboxylic acids is 2. The molecule has 1 unspecified atom stereocenters. The molecule has 2 amide bonds. The van der Waals surface area contributed by atoms with Gasteiger partial charge in [-0.3, -0.25) is 9.59 Å². The molecule has 0 aromatic carbocycles. The van der Waals surface area contributed by atoms with Crippen molar-refractivity contribution in [3.63, 3.8) is 0 Å². The van der Waals surface area contributed by atoms with Crippen LogP contribution in [0.2, 0.25) is 0 Å². The van der Waals surface area contributed by atoms with E-state index in [0.29, 0.717) is 43.6 Å². The van der Waals surface area contributed by atoms with Crippen molar-refractivity contribution in [2.75, 3.05) is 48.8 Å². The minimum Gasteiger partial charge on any atom is -0.378 e. The first kappa shape index (κ1) is 14.5. The highest BCUT2D eigenvalue weighted by Gasteiger charge is 2.25. The number of amides is 2. The second-order valence-corrected chi connectivity index (χ2v) is 5.15. The van der Waals surface area contributed by atoms with E-state index in [-0.39, 0.29) is 24.4 Å². The van der Waals surface area contributed by atoms with Crippen molar-refractivity contribution >= 4 is 29.1 Å². The van der Waals surface area contributed by atoms with E-state index in [1.54, 1.807) is 11.8 Å². The minimum atomic E-state index is -0.356. The number of fused-ring (bicyclic) bond motifs is 1. The van der Waals surface area contributed by atoms with Crippen LogP contribution < -0.4 is 16.0 Å². The highest BCUT2D eigenvalue weighted by atomic mass is 16.5. The van der Waals surface area contributed by atoms with Crippen molar-refractivity contribution in [1.29, 1.82) is 0 Å². The Morgan fingerprint density at radius 2 is 2.23 bits per heavy atom. The number of nitrogens with one attached hydrogen (secondary N) is 3. The molecule has 1 aromatic heterocycles. The van der Waals surface area contributed by atoms with E-state index in [2.05, 4.69) is 25.9 Å². The van der Waals surface area contributed by atoms with E-state index >= 15 is 0 Å². The van der Waals surface area contributed by atoms with Crippen molar-refractivity contribution in [2.24, 2.45) is 0 Å². The van der Waals surface area contributed by atoms with E-state index in [1.165, 1.54) is 6.33 Å². The fourth-order valence-corrected chi connectivity index (χ4v) is 2.33. The molecule has 1 fully saturated rings. The maximum Gasteiger partial charge on any atom is 0.246 e. The summed E-state index contributed by atoms with van der Waals surface area (Å²) in [6, 6.07) is -0.356. The van der Waals surface area contributed by atoms with Gasteiger partial charge in [-0.15, -0.1) is 0 Å². The Kier molecular flexibility index (Phi) is 4.05. The van der Waals surface area contributed by atoms with Crippen LogP contribution in [0.15, 0.2) is 6.33 Å². The number of hydrogen-bond acceptors (Lipinski definition) is 7. The first-order valence-corrected chi connectivity index (χ1v) is 7.17. The lowest BCUT2D eigenvalue weighted by Crippen LogP contribution is -2.43. The highest BCUT2D eigenvalue weighted by molar-refractivity contribution is 6.04. The zero-order valence-corrected chi connectivity index (χ0v) is 12.3. The molecule has 2 aliphatic rings. The van der Waals surface area contributed by atoms with Gasteiger partial charge >= 0.3 is 0 Å². The monoisotopic (exact) mass is 306 g/mol. The number of aromatic nitrogens is 2. The van der Waals surface area contributed by atoms with E-state index in [4.69, 9.17) is 4.74 Å². The predicted octanol–water partition coefficient (Wildman–Crippen LogP) is -0.500. The minimum absolute atomic E-state index is 0.0286. The van der Waals surface area contributed by atoms with Crippen LogP contribution in [0.3, 0.4) is 0 Å². The largest absolute Gasteiger partial charge is 0.378 e. The molecule has 0 spiro atoms. The average Bonchev–Trinajstić information content (AvgIpc) is 2.54. The molecule has 1 atom stereocenters. The van der Waals surface area contributed by atoms with Gasteiger partial charge in [0.1, 0.15) is 18.1 Å². The van der Waals surface area contributed by atoms with Crippen molar-refractivity contribution in [3.05, 3.63) is 6.33 Å². The SMILES string of the molecule is CC1Nc2ncnc(NCC(=O)N3CCOCC3)c2NC1=O. The molecular weight excluding hydrogens is 288 g/mol. The number of morpholine rings is 1. The van der Waals surface area contributed by atoms with Crippen molar-refractivity contribution < 1.29 is 14.3 Å². The first-order chi connectivity index (χ1) is 10.6. The quantitative estimate of drug-likeness (QED) is 0.691. The summed E-state index contributed by atoms with van der Waals surface area (Å²) in [5, 5.41) is 8.70. The lowest BCUT2D eigenvalue weighted by atomic mass is 10.2. The van der Waals surface area contributed by atoms with Gasteiger partial charge in [0.15, 0.2) is 11.6 Å². The molecule has 0 bridgehead atoms. The van der Waals surface area contributed by atoms with Gasteiger partial charge in [-0.25, -0.2) is 9.97 Å². The smallest absolute Gasteiger partial charge is 0.246 e. The Hall–Kier alpha value is -2.42. The third-order valence-corrected chi connectivity index (χ3v) is 3.61. The van der Waals surface area contributed by atoms with E-state index in [1.807, 2.05) is 0 Å². The topological polar surface area (TPSA) is 108 Å². The number of anilines is 3. The Morgan fingerprint density at radius 1 is 1.45 bits per heavy atom. The van der Waals surface area contributed by atoms with Gasteiger partial charge < -0.3 is 25.6 Å². The summed E-state index contributed by atoms with van der Waals surface area (Å²) in [6.45, 7) is 4.17. The molecule has 0 saturated carbocycles. The van der Waals surface area contributed by atoms with Crippen LogP contribution in [-0.2, 0) is 14.3 Å². The van der Waals surface area contributed by atoms with Gasteiger partial charge in [0.05, 0.1) is 19.8 Å². The standard InChI is InChI=1S/C13H18N6O3/c1-8-13(21)18-10-11(15-7-16-12(10)17-8)14-6-9(20)19-2-4-22-5-3-19/h7-8H,2-6H2,1H3,(H,18,21)(H2,14,15,16,17). The molecular formula is C13H18N6O3. The zero-order chi connectivity index (χ0) is 15.5. The first-order valence-electron chi connectivity index (χ1n) is 7.17. The maximum atomic E-state index is 12.1. The summed E-state index contributed by atoms with van der Waals surface area (Å²) in [7, 11) is 0. The Balaban J connectivity index is 1.67. The molecule has 3 N–H and O–H groups in total. The third kappa shape index (κ3) is 2.93. The van der Waals surface area contributed by atoms with Crippen LogP contribution in [0.5, 0.6) is 0 Å².